The van der Waals surface area contributed by atoms with Crippen molar-refractivity contribution in [1.82, 2.24) is 4.57 Å². The molecule has 3 heterocycles. The molecular formula is C20H19NO5. The number of carbonyl (C=O) groups is 2. The molecule has 0 unspecified atom stereocenters. The molecule has 26 heavy (non-hydrogen) atoms. The van der Waals surface area contributed by atoms with E-state index >= 15 is 0 Å². The molecule has 6 heteroatoms. The largest absolute Gasteiger partial charge is 0.467 e. The van der Waals surface area contributed by atoms with Crippen LogP contribution in [0.3, 0.4) is 0 Å². The quantitative estimate of drug-likeness (QED) is 0.367. The van der Waals surface area contributed by atoms with E-state index in [0.717, 1.165) is 17.1 Å². The first kappa shape index (κ1) is 17.5. The number of ether oxygens (including phenoxy) is 1. The Morgan fingerprint density at radius 2 is 1.92 bits per heavy atom. The summed E-state index contributed by atoms with van der Waals surface area (Å²) in [6.45, 7) is 4.02. The third-order valence-electron chi connectivity index (χ3n) is 4.04. The van der Waals surface area contributed by atoms with Crippen LogP contribution in [-0.4, -0.2) is 22.9 Å². The molecule has 0 spiro atoms. The van der Waals surface area contributed by atoms with E-state index in [4.69, 9.17) is 13.6 Å². The average Bonchev–Trinajstić information content (AvgIpc) is 3.37. The first-order valence-corrected chi connectivity index (χ1v) is 8.15. The van der Waals surface area contributed by atoms with Crippen LogP contribution >= 0.6 is 0 Å². The Labute approximate surface area is 150 Å². The van der Waals surface area contributed by atoms with Crippen molar-refractivity contribution in [2.45, 2.75) is 20.4 Å². The Kier molecular flexibility index (Phi) is 5.22. The van der Waals surface area contributed by atoms with Gasteiger partial charge in [0.15, 0.2) is 6.61 Å². The lowest BCUT2D eigenvalue weighted by Gasteiger charge is -2.07. The summed E-state index contributed by atoms with van der Waals surface area (Å²) in [6, 6.07) is 8.93. The SMILES string of the molecule is Cc1cc(C(=O)COC(=O)C=Cc2ccco2)c(C)n1Cc1ccco1. The van der Waals surface area contributed by atoms with Crippen LogP contribution < -0.4 is 0 Å². The molecule has 0 saturated carbocycles. The molecule has 0 bridgehead atoms. The normalized spacial score (nSPS) is 11.2. The van der Waals surface area contributed by atoms with Gasteiger partial charge in [-0.25, -0.2) is 4.79 Å². The van der Waals surface area contributed by atoms with Crippen LogP contribution in [0.25, 0.3) is 6.08 Å². The van der Waals surface area contributed by atoms with E-state index < -0.39 is 5.97 Å². The number of esters is 1. The minimum absolute atomic E-state index is 0.247. The van der Waals surface area contributed by atoms with Gasteiger partial charge in [0.05, 0.1) is 19.1 Å². The summed E-state index contributed by atoms with van der Waals surface area (Å²) in [5.41, 5.74) is 2.29. The number of Topliss-reactive ketones (excluding diaryl/α,β-unsaturated/α-hetero) is 1. The molecule has 0 amide bonds. The van der Waals surface area contributed by atoms with Gasteiger partial charge in [-0.3, -0.25) is 4.79 Å². The van der Waals surface area contributed by atoms with Gasteiger partial charge < -0.3 is 18.1 Å². The zero-order valence-corrected chi connectivity index (χ0v) is 14.6. The second-order valence-electron chi connectivity index (χ2n) is 5.83. The van der Waals surface area contributed by atoms with Crippen LogP contribution in [0, 0.1) is 13.8 Å². The van der Waals surface area contributed by atoms with E-state index in [-0.39, 0.29) is 12.4 Å². The fourth-order valence-corrected chi connectivity index (χ4v) is 2.68. The van der Waals surface area contributed by atoms with Crippen LogP contribution in [0.15, 0.2) is 57.8 Å². The second kappa shape index (κ2) is 7.74. The van der Waals surface area contributed by atoms with Crippen molar-refractivity contribution in [3.8, 4) is 0 Å². The Balaban J connectivity index is 1.62. The number of ketones is 1. The highest BCUT2D eigenvalue weighted by atomic mass is 16.5. The molecule has 0 aliphatic rings. The summed E-state index contributed by atoms with van der Waals surface area (Å²) in [5.74, 6) is 0.498. The molecule has 0 radical (unpaired) electrons. The molecule has 0 aliphatic heterocycles. The number of rotatable bonds is 7. The zero-order valence-electron chi connectivity index (χ0n) is 14.6. The van der Waals surface area contributed by atoms with Crippen LogP contribution in [0.1, 0.15) is 33.3 Å². The van der Waals surface area contributed by atoms with Gasteiger partial charge in [0, 0.05) is 23.0 Å². The lowest BCUT2D eigenvalue weighted by atomic mass is 10.1. The topological polar surface area (TPSA) is 74.6 Å². The Morgan fingerprint density at radius 3 is 2.62 bits per heavy atom. The number of aryl methyl sites for hydroxylation is 1. The van der Waals surface area contributed by atoms with Gasteiger partial charge in [0.2, 0.25) is 5.78 Å². The Bertz CT molecular complexity index is 914. The zero-order chi connectivity index (χ0) is 18.5. The predicted octanol–water partition coefficient (Wildman–Crippen LogP) is 3.78. The highest BCUT2D eigenvalue weighted by Crippen LogP contribution is 2.18. The molecule has 0 atom stereocenters. The van der Waals surface area contributed by atoms with Crippen molar-refractivity contribution in [3.05, 3.63) is 77.4 Å². The summed E-state index contributed by atoms with van der Waals surface area (Å²) in [5, 5.41) is 0. The molecule has 0 N–H and O–H groups in total. The van der Waals surface area contributed by atoms with Crippen LogP contribution in [-0.2, 0) is 16.1 Å². The molecule has 6 nitrogen and oxygen atoms in total. The number of hydrogen-bond donors (Lipinski definition) is 0. The van der Waals surface area contributed by atoms with Crippen molar-refractivity contribution in [2.24, 2.45) is 0 Å². The van der Waals surface area contributed by atoms with Gasteiger partial charge in [0.25, 0.3) is 0 Å². The highest BCUT2D eigenvalue weighted by molar-refractivity contribution is 6.00. The van der Waals surface area contributed by atoms with E-state index in [1.807, 2.05) is 30.5 Å². The van der Waals surface area contributed by atoms with Gasteiger partial charge in [-0.15, -0.1) is 0 Å². The Hall–Kier alpha value is -3.28. The van der Waals surface area contributed by atoms with Crippen molar-refractivity contribution in [3.63, 3.8) is 0 Å². The van der Waals surface area contributed by atoms with Crippen LogP contribution in [0.5, 0.6) is 0 Å². The minimum Gasteiger partial charge on any atom is -0.467 e. The maximum atomic E-state index is 12.4. The maximum Gasteiger partial charge on any atom is 0.331 e. The highest BCUT2D eigenvalue weighted by Gasteiger charge is 2.17. The average molecular weight is 353 g/mol. The van der Waals surface area contributed by atoms with E-state index in [2.05, 4.69) is 0 Å². The molecule has 134 valence electrons. The molecule has 0 aromatic carbocycles. The number of furan rings is 2. The summed E-state index contributed by atoms with van der Waals surface area (Å²) in [4.78, 5) is 24.1. The summed E-state index contributed by atoms with van der Waals surface area (Å²) >= 11 is 0. The van der Waals surface area contributed by atoms with E-state index in [1.54, 1.807) is 24.5 Å². The predicted molar refractivity (Wildman–Crippen MR) is 94.7 cm³/mol. The lowest BCUT2D eigenvalue weighted by Crippen LogP contribution is -2.13. The fraction of sp³-hybridized carbons (Fsp3) is 0.200. The Morgan fingerprint density at radius 1 is 1.15 bits per heavy atom. The summed E-state index contributed by atoms with van der Waals surface area (Å²) in [6.07, 6.45) is 5.84. The minimum atomic E-state index is -0.598. The smallest absolute Gasteiger partial charge is 0.331 e. The summed E-state index contributed by atoms with van der Waals surface area (Å²) < 4.78 is 17.5. The maximum absolute atomic E-state index is 12.4. The fourth-order valence-electron chi connectivity index (χ4n) is 2.68. The molecule has 3 aromatic heterocycles. The standard InChI is InChI=1S/C20H19NO5/c1-14-11-18(15(2)21(14)12-17-6-4-10-25-17)19(22)13-26-20(23)8-7-16-5-3-9-24-16/h3-11H,12-13H2,1-2H3. The first-order valence-electron chi connectivity index (χ1n) is 8.15. The van der Waals surface area contributed by atoms with E-state index in [0.29, 0.717) is 17.9 Å². The number of aromatic nitrogens is 1. The van der Waals surface area contributed by atoms with Gasteiger partial charge in [-0.1, -0.05) is 0 Å². The van der Waals surface area contributed by atoms with Gasteiger partial charge in [-0.05, 0) is 50.3 Å². The van der Waals surface area contributed by atoms with Crippen LogP contribution in [0.2, 0.25) is 0 Å². The van der Waals surface area contributed by atoms with Crippen molar-refractivity contribution in [2.75, 3.05) is 6.61 Å². The molecule has 3 rings (SSSR count). The molecule has 0 aliphatic carbocycles. The first-order chi connectivity index (χ1) is 12.5. The monoisotopic (exact) mass is 353 g/mol. The third kappa shape index (κ3) is 4.03. The van der Waals surface area contributed by atoms with Crippen molar-refractivity contribution in [1.29, 1.82) is 0 Å². The second-order valence-corrected chi connectivity index (χ2v) is 5.83. The molecule has 0 saturated heterocycles. The van der Waals surface area contributed by atoms with Gasteiger partial charge in [0.1, 0.15) is 11.5 Å². The lowest BCUT2D eigenvalue weighted by molar-refractivity contribution is -0.136. The molecule has 0 fully saturated rings. The summed E-state index contributed by atoms with van der Waals surface area (Å²) in [7, 11) is 0. The van der Waals surface area contributed by atoms with E-state index in [9.17, 15) is 9.59 Å². The molecular weight excluding hydrogens is 334 g/mol. The van der Waals surface area contributed by atoms with Gasteiger partial charge >= 0.3 is 5.97 Å². The van der Waals surface area contributed by atoms with Crippen molar-refractivity contribution >= 4 is 17.8 Å². The number of hydrogen-bond acceptors (Lipinski definition) is 5. The number of nitrogens with zero attached hydrogens (tertiary/aromatic N) is 1. The van der Waals surface area contributed by atoms with E-state index in [1.165, 1.54) is 18.4 Å². The third-order valence-corrected chi connectivity index (χ3v) is 4.04. The van der Waals surface area contributed by atoms with Crippen LogP contribution in [0.4, 0.5) is 0 Å². The van der Waals surface area contributed by atoms with Crippen molar-refractivity contribution < 1.29 is 23.2 Å². The molecule has 3 aromatic rings. The number of carbonyl (C=O) groups excluding carboxylic acids is 2. The van der Waals surface area contributed by atoms with Gasteiger partial charge in [-0.2, -0.15) is 0 Å².